The van der Waals surface area contributed by atoms with Gasteiger partial charge in [-0.1, -0.05) is 152 Å². The lowest BCUT2D eigenvalue weighted by Gasteiger charge is -2.13. The van der Waals surface area contributed by atoms with E-state index in [1.165, 1.54) is 71.3 Å². The van der Waals surface area contributed by atoms with Crippen LogP contribution in [0.25, 0.3) is 110 Å². The van der Waals surface area contributed by atoms with Gasteiger partial charge in [-0.05, 0) is 64.5 Å². The van der Waals surface area contributed by atoms with Crippen molar-refractivity contribution in [2.24, 2.45) is 0 Å². The summed E-state index contributed by atoms with van der Waals surface area (Å²) in [4.78, 5) is 0. The maximum atomic E-state index is 6.72. The van der Waals surface area contributed by atoms with Crippen LogP contribution in [-0.2, 0) is 0 Å². The molecular weight excluding hydrogens is 669 g/mol. The summed E-state index contributed by atoms with van der Waals surface area (Å²) in [5.74, 6) is 0. The van der Waals surface area contributed by atoms with Crippen LogP contribution in [0.1, 0.15) is 0 Å². The van der Waals surface area contributed by atoms with Crippen LogP contribution in [0, 0.1) is 0 Å². The molecule has 0 aliphatic heterocycles. The standard InChI is InChI=1S/C52H32N2O/c1-2-14-34(15-3-1)37-21-12-27-47-50(37)42-24-11-22-38(51(42)54(47)48-28-13-23-41-40-20-7-9-29-49(40)55-52(41)48)35-30-31-46-43(32-35)39-19-6-8-25-45(39)53(46)44-26-10-17-33-16-4-5-18-36(33)44/h1-32H. The highest BCUT2D eigenvalue weighted by Crippen LogP contribution is 2.45. The van der Waals surface area contributed by atoms with Gasteiger partial charge in [0.1, 0.15) is 5.58 Å². The Labute approximate surface area is 316 Å². The molecule has 0 saturated carbocycles. The molecule has 3 heterocycles. The minimum atomic E-state index is 0.885. The number of hydrogen-bond acceptors (Lipinski definition) is 1. The normalized spacial score (nSPS) is 12.0. The highest BCUT2D eigenvalue weighted by molar-refractivity contribution is 6.21. The van der Waals surface area contributed by atoms with Gasteiger partial charge in [-0.2, -0.15) is 0 Å². The van der Waals surface area contributed by atoms with E-state index in [1.807, 2.05) is 6.07 Å². The molecule has 0 unspecified atom stereocenters. The summed E-state index contributed by atoms with van der Waals surface area (Å²) in [6, 6.07) is 70.2. The molecule has 0 spiro atoms. The van der Waals surface area contributed by atoms with Crippen molar-refractivity contribution in [1.29, 1.82) is 0 Å². The van der Waals surface area contributed by atoms with E-state index < -0.39 is 0 Å². The van der Waals surface area contributed by atoms with Crippen molar-refractivity contribution in [3.8, 4) is 33.6 Å². The van der Waals surface area contributed by atoms with Crippen LogP contribution in [0.3, 0.4) is 0 Å². The summed E-state index contributed by atoms with van der Waals surface area (Å²) in [6.07, 6.45) is 0. The second kappa shape index (κ2) is 11.6. The Morgan fingerprint density at radius 2 is 0.982 bits per heavy atom. The number of rotatable bonds is 4. The van der Waals surface area contributed by atoms with Gasteiger partial charge in [0.05, 0.1) is 33.4 Å². The number of hydrogen-bond donors (Lipinski definition) is 0. The molecule has 0 bridgehead atoms. The molecule has 55 heavy (non-hydrogen) atoms. The molecule has 0 amide bonds. The van der Waals surface area contributed by atoms with Crippen molar-refractivity contribution >= 4 is 76.3 Å². The number of fused-ring (bicyclic) bond motifs is 10. The number of furan rings is 1. The van der Waals surface area contributed by atoms with Gasteiger partial charge in [-0.15, -0.1) is 0 Å². The van der Waals surface area contributed by atoms with Crippen LogP contribution < -0.4 is 0 Å². The van der Waals surface area contributed by atoms with Gasteiger partial charge in [-0.25, -0.2) is 0 Å². The van der Waals surface area contributed by atoms with Crippen LogP contribution in [-0.4, -0.2) is 9.13 Å². The molecular formula is C52H32N2O. The van der Waals surface area contributed by atoms with Gasteiger partial charge in [-0.3, -0.25) is 0 Å². The molecule has 12 aromatic rings. The monoisotopic (exact) mass is 700 g/mol. The first kappa shape index (κ1) is 30.1. The molecule has 12 rings (SSSR count). The Bertz CT molecular complexity index is 3480. The molecule has 9 aromatic carbocycles. The van der Waals surface area contributed by atoms with Gasteiger partial charge in [0, 0.05) is 43.3 Å². The SMILES string of the molecule is c1ccc(-c2cccc3c2c2cccc(-c4ccc5c(c4)c4ccccc4n5-c4cccc5ccccc45)c2n3-c2cccc3c2oc2ccccc23)cc1. The Morgan fingerprint density at radius 1 is 0.345 bits per heavy atom. The van der Waals surface area contributed by atoms with Gasteiger partial charge >= 0.3 is 0 Å². The molecule has 3 heteroatoms. The average molecular weight is 701 g/mol. The third kappa shape index (κ3) is 4.32. The Hall–Kier alpha value is -7.36. The molecule has 0 fully saturated rings. The predicted molar refractivity (Wildman–Crippen MR) is 231 cm³/mol. The summed E-state index contributed by atoms with van der Waals surface area (Å²) in [6.45, 7) is 0. The molecule has 256 valence electrons. The number of benzene rings is 9. The van der Waals surface area contributed by atoms with E-state index >= 15 is 0 Å². The first-order valence-electron chi connectivity index (χ1n) is 18.9. The zero-order valence-corrected chi connectivity index (χ0v) is 29.8. The topological polar surface area (TPSA) is 23.0 Å². The predicted octanol–water partition coefficient (Wildman–Crippen LogP) is 14.3. The fourth-order valence-corrected chi connectivity index (χ4v) is 9.17. The van der Waals surface area contributed by atoms with E-state index in [4.69, 9.17) is 4.42 Å². The van der Waals surface area contributed by atoms with Crippen molar-refractivity contribution in [1.82, 2.24) is 9.13 Å². The minimum Gasteiger partial charge on any atom is -0.454 e. The molecule has 0 aliphatic carbocycles. The van der Waals surface area contributed by atoms with Crippen molar-refractivity contribution in [2.75, 3.05) is 0 Å². The fraction of sp³-hybridized carbons (Fsp3) is 0. The average Bonchev–Trinajstić information content (AvgIpc) is 3.91. The fourth-order valence-electron chi connectivity index (χ4n) is 9.17. The zero-order valence-electron chi connectivity index (χ0n) is 29.8. The smallest absolute Gasteiger partial charge is 0.159 e. The number of para-hydroxylation sites is 4. The molecule has 0 radical (unpaired) electrons. The van der Waals surface area contributed by atoms with E-state index in [0.717, 1.165) is 38.7 Å². The second-order valence-corrected chi connectivity index (χ2v) is 14.4. The molecule has 0 saturated heterocycles. The summed E-state index contributed by atoms with van der Waals surface area (Å²) in [7, 11) is 0. The highest BCUT2D eigenvalue weighted by Gasteiger charge is 2.23. The maximum absolute atomic E-state index is 6.72. The number of aromatic nitrogens is 2. The van der Waals surface area contributed by atoms with E-state index in [9.17, 15) is 0 Å². The van der Waals surface area contributed by atoms with Crippen LogP contribution in [0.2, 0.25) is 0 Å². The van der Waals surface area contributed by atoms with Crippen LogP contribution in [0.5, 0.6) is 0 Å². The minimum absolute atomic E-state index is 0.885. The van der Waals surface area contributed by atoms with Gasteiger partial charge in [0.15, 0.2) is 5.58 Å². The third-order valence-electron chi connectivity index (χ3n) is 11.5. The van der Waals surface area contributed by atoms with Gasteiger partial charge in [0.25, 0.3) is 0 Å². The summed E-state index contributed by atoms with van der Waals surface area (Å²) in [5.41, 5.74) is 13.4. The lowest BCUT2D eigenvalue weighted by Crippen LogP contribution is -1.96. The van der Waals surface area contributed by atoms with Crippen molar-refractivity contribution in [2.45, 2.75) is 0 Å². The van der Waals surface area contributed by atoms with Gasteiger partial charge < -0.3 is 13.6 Å². The Morgan fingerprint density at radius 3 is 1.91 bits per heavy atom. The van der Waals surface area contributed by atoms with Gasteiger partial charge in [0.2, 0.25) is 0 Å². The van der Waals surface area contributed by atoms with Crippen LogP contribution in [0.4, 0.5) is 0 Å². The van der Waals surface area contributed by atoms with Crippen molar-refractivity contribution in [3.63, 3.8) is 0 Å². The molecule has 3 nitrogen and oxygen atoms in total. The Balaban J connectivity index is 1.19. The molecule has 0 N–H and O–H groups in total. The first-order valence-corrected chi connectivity index (χ1v) is 18.9. The number of nitrogens with zero attached hydrogens (tertiary/aromatic N) is 2. The second-order valence-electron chi connectivity index (χ2n) is 14.4. The summed E-state index contributed by atoms with van der Waals surface area (Å²) >= 11 is 0. The molecule has 0 atom stereocenters. The molecule has 0 aliphatic rings. The lowest BCUT2D eigenvalue weighted by molar-refractivity contribution is 0.666. The molecule has 3 aromatic heterocycles. The third-order valence-corrected chi connectivity index (χ3v) is 11.5. The largest absolute Gasteiger partial charge is 0.454 e. The Kier molecular flexibility index (Phi) is 6.34. The summed E-state index contributed by atoms with van der Waals surface area (Å²) < 4.78 is 11.6. The van der Waals surface area contributed by atoms with E-state index in [2.05, 4.69) is 197 Å². The van der Waals surface area contributed by atoms with Crippen molar-refractivity contribution in [3.05, 3.63) is 194 Å². The van der Waals surface area contributed by atoms with Crippen molar-refractivity contribution < 1.29 is 4.42 Å². The maximum Gasteiger partial charge on any atom is 0.159 e. The summed E-state index contributed by atoms with van der Waals surface area (Å²) in [5, 5.41) is 9.60. The van der Waals surface area contributed by atoms with E-state index in [-0.39, 0.29) is 0 Å². The van der Waals surface area contributed by atoms with Crippen LogP contribution >= 0.6 is 0 Å². The first-order chi connectivity index (χ1) is 27.3. The van der Waals surface area contributed by atoms with Crippen LogP contribution in [0.15, 0.2) is 199 Å². The highest BCUT2D eigenvalue weighted by atomic mass is 16.3. The van der Waals surface area contributed by atoms with E-state index in [1.54, 1.807) is 0 Å². The van der Waals surface area contributed by atoms with E-state index in [0.29, 0.717) is 0 Å². The zero-order chi connectivity index (χ0) is 36.0. The lowest BCUT2D eigenvalue weighted by atomic mass is 9.97. The quantitative estimate of drug-likeness (QED) is 0.179.